The SMILES string of the molecule is CCOc1ccc(C)cc1N1CSCC1=O. The number of rotatable bonds is 3. The average Bonchev–Trinajstić information content (AvgIpc) is 2.67. The van der Waals surface area contributed by atoms with Crippen LogP contribution in [0.25, 0.3) is 0 Å². The molecule has 0 atom stereocenters. The molecule has 0 N–H and O–H groups in total. The largest absolute Gasteiger partial charge is 0.492 e. The number of aryl methyl sites for hydroxylation is 1. The standard InChI is InChI=1S/C12H15NO2S/c1-3-15-11-5-4-9(2)6-10(11)13-8-16-7-12(13)14/h4-6H,3,7-8H2,1-2H3. The highest BCUT2D eigenvalue weighted by molar-refractivity contribution is 8.00. The second kappa shape index (κ2) is 4.78. The molecule has 1 heterocycles. The molecule has 2 rings (SSSR count). The van der Waals surface area contributed by atoms with Gasteiger partial charge in [0.15, 0.2) is 0 Å². The van der Waals surface area contributed by atoms with Gasteiger partial charge in [-0.25, -0.2) is 0 Å². The molecule has 1 aromatic carbocycles. The zero-order chi connectivity index (χ0) is 11.5. The molecule has 1 aliphatic rings. The summed E-state index contributed by atoms with van der Waals surface area (Å²) in [5.41, 5.74) is 2.04. The summed E-state index contributed by atoms with van der Waals surface area (Å²) >= 11 is 1.64. The van der Waals surface area contributed by atoms with Crippen molar-refractivity contribution in [2.45, 2.75) is 13.8 Å². The molecular weight excluding hydrogens is 222 g/mol. The van der Waals surface area contributed by atoms with Gasteiger partial charge in [-0.05, 0) is 31.5 Å². The first kappa shape index (κ1) is 11.3. The molecule has 1 amide bonds. The molecule has 0 bridgehead atoms. The van der Waals surface area contributed by atoms with Crippen LogP contribution in [0.5, 0.6) is 5.75 Å². The lowest BCUT2D eigenvalue weighted by molar-refractivity contribution is -0.115. The maximum Gasteiger partial charge on any atom is 0.237 e. The molecule has 1 aliphatic heterocycles. The van der Waals surface area contributed by atoms with E-state index in [0.29, 0.717) is 12.4 Å². The van der Waals surface area contributed by atoms with Gasteiger partial charge in [-0.3, -0.25) is 9.69 Å². The van der Waals surface area contributed by atoms with E-state index in [1.807, 2.05) is 32.0 Å². The third-order valence-corrected chi connectivity index (χ3v) is 3.34. The Labute approximate surface area is 99.8 Å². The van der Waals surface area contributed by atoms with Crippen LogP contribution >= 0.6 is 11.8 Å². The lowest BCUT2D eigenvalue weighted by Gasteiger charge is -2.19. The molecule has 1 fully saturated rings. The summed E-state index contributed by atoms with van der Waals surface area (Å²) < 4.78 is 5.55. The van der Waals surface area contributed by atoms with Gasteiger partial charge in [-0.1, -0.05) is 6.07 Å². The van der Waals surface area contributed by atoms with Crippen LogP contribution in [0.4, 0.5) is 5.69 Å². The number of amides is 1. The number of nitrogens with zero attached hydrogens (tertiary/aromatic N) is 1. The van der Waals surface area contributed by atoms with Crippen LogP contribution < -0.4 is 9.64 Å². The van der Waals surface area contributed by atoms with Crippen molar-refractivity contribution in [3.63, 3.8) is 0 Å². The summed E-state index contributed by atoms with van der Waals surface area (Å²) in [5, 5.41) is 0. The van der Waals surface area contributed by atoms with E-state index in [1.165, 1.54) is 0 Å². The number of anilines is 1. The Balaban J connectivity index is 2.36. The van der Waals surface area contributed by atoms with Gasteiger partial charge in [0, 0.05) is 0 Å². The first-order valence-electron chi connectivity index (χ1n) is 5.34. The van der Waals surface area contributed by atoms with E-state index in [4.69, 9.17) is 4.74 Å². The van der Waals surface area contributed by atoms with Crippen molar-refractivity contribution in [2.75, 3.05) is 23.1 Å². The molecular formula is C12H15NO2S. The van der Waals surface area contributed by atoms with Gasteiger partial charge >= 0.3 is 0 Å². The number of carbonyl (C=O) groups is 1. The van der Waals surface area contributed by atoms with Crippen molar-refractivity contribution in [3.8, 4) is 5.75 Å². The van der Waals surface area contributed by atoms with Gasteiger partial charge in [0.05, 0.1) is 23.9 Å². The average molecular weight is 237 g/mol. The minimum atomic E-state index is 0.163. The van der Waals surface area contributed by atoms with Gasteiger partial charge in [0.1, 0.15) is 5.75 Å². The Hall–Kier alpha value is -1.16. The third kappa shape index (κ3) is 2.16. The fraction of sp³-hybridized carbons (Fsp3) is 0.417. The summed E-state index contributed by atoms with van der Waals surface area (Å²) in [4.78, 5) is 13.5. The van der Waals surface area contributed by atoms with Crippen molar-refractivity contribution < 1.29 is 9.53 Å². The van der Waals surface area contributed by atoms with E-state index >= 15 is 0 Å². The molecule has 0 aliphatic carbocycles. The maximum absolute atomic E-state index is 11.7. The topological polar surface area (TPSA) is 29.5 Å². The predicted octanol–water partition coefficient (Wildman–Crippen LogP) is 2.43. The molecule has 0 spiro atoms. The first-order chi connectivity index (χ1) is 7.72. The molecule has 16 heavy (non-hydrogen) atoms. The maximum atomic E-state index is 11.7. The number of benzene rings is 1. The highest BCUT2D eigenvalue weighted by Gasteiger charge is 2.24. The minimum Gasteiger partial charge on any atom is -0.492 e. The van der Waals surface area contributed by atoms with Crippen molar-refractivity contribution in [1.29, 1.82) is 0 Å². The van der Waals surface area contributed by atoms with Crippen molar-refractivity contribution >= 4 is 23.4 Å². The van der Waals surface area contributed by atoms with Gasteiger partial charge in [0.2, 0.25) is 5.91 Å². The molecule has 86 valence electrons. The lowest BCUT2D eigenvalue weighted by Crippen LogP contribution is -2.25. The van der Waals surface area contributed by atoms with E-state index in [2.05, 4.69) is 0 Å². The fourth-order valence-corrected chi connectivity index (χ4v) is 2.58. The number of carbonyl (C=O) groups excluding carboxylic acids is 1. The Bertz CT molecular complexity index is 406. The summed E-state index contributed by atoms with van der Waals surface area (Å²) in [6.45, 7) is 4.59. The van der Waals surface area contributed by atoms with Crippen molar-refractivity contribution in [3.05, 3.63) is 23.8 Å². The monoisotopic (exact) mass is 237 g/mol. The Morgan fingerprint density at radius 2 is 2.31 bits per heavy atom. The molecule has 0 unspecified atom stereocenters. The van der Waals surface area contributed by atoms with Gasteiger partial charge < -0.3 is 4.74 Å². The first-order valence-corrected chi connectivity index (χ1v) is 6.49. The highest BCUT2D eigenvalue weighted by Crippen LogP contribution is 2.33. The van der Waals surface area contributed by atoms with Crippen LogP contribution in [0, 0.1) is 6.92 Å². The molecule has 1 saturated heterocycles. The summed E-state index contributed by atoms with van der Waals surface area (Å²) in [5.74, 6) is 2.25. The normalized spacial score (nSPS) is 15.6. The molecule has 0 aromatic heterocycles. The number of thioether (sulfide) groups is 1. The second-order valence-corrected chi connectivity index (χ2v) is 4.66. The molecule has 4 heteroatoms. The van der Waals surface area contributed by atoms with Gasteiger partial charge in [0.25, 0.3) is 0 Å². The van der Waals surface area contributed by atoms with Crippen molar-refractivity contribution in [1.82, 2.24) is 0 Å². The molecule has 0 saturated carbocycles. The van der Waals surface area contributed by atoms with Crippen LogP contribution in [0.15, 0.2) is 18.2 Å². The van der Waals surface area contributed by atoms with E-state index in [-0.39, 0.29) is 5.91 Å². The van der Waals surface area contributed by atoms with Gasteiger partial charge in [-0.15, -0.1) is 11.8 Å². The minimum absolute atomic E-state index is 0.163. The number of hydrogen-bond acceptors (Lipinski definition) is 3. The number of ether oxygens (including phenoxy) is 1. The summed E-state index contributed by atoms with van der Waals surface area (Å²) in [6.07, 6.45) is 0. The van der Waals surface area contributed by atoms with Crippen LogP contribution in [0.1, 0.15) is 12.5 Å². The van der Waals surface area contributed by atoms with Gasteiger partial charge in [-0.2, -0.15) is 0 Å². The predicted molar refractivity (Wildman–Crippen MR) is 67.2 cm³/mol. The van der Waals surface area contributed by atoms with E-state index in [0.717, 1.165) is 22.9 Å². The van der Waals surface area contributed by atoms with Crippen LogP contribution in [-0.2, 0) is 4.79 Å². The van der Waals surface area contributed by atoms with Crippen molar-refractivity contribution in [2.24, 2.45) is 0 Å². The Morgan fingerprint density at radius 1 is 1.50 bits per heavy atom. The number of hydrogen-bond donors (Lipinski definition) is 0. The Morgan fingerprint density at radius 3 is 2.94 bits per heavy atom. The zero-order valence-corrected chi connectivity index (χ0v) is 10.3. The third-order valence-electron chi connectivity index (χ3n) is 2.45. The molecule has 1 aromatic rings. The zero-order valence-electron chi connectivity index (χ0n) is 9.53. The lowest BCUT2D eigenvalue weighted by atomic mass is 10.2. The summed E-state index contributed by atoms with van der Waals surface area (Å²) in [6, 6.07) is 5.95. The Kier molecular flexibility index (Phi) is 3.39. The molecule has 3 nitrogen and oxygen atoms in total. The van der Waals surface area contributed by atoms with E-state index < -0.39 is 0 Å². The summed E-state index contributed by atoms with van der Waals surface area (Å²) in [7, 11) is 0. The fourth-order valence-electron chi connectivity index (χ4n) is 1.69. The molecule has 0 radical (unpaired) electrons. The van der Waals surface area contributed by atoms with Crippen LogP contribution in [0.3, 0.4) is 0 Å². The quantitative estimate of drug-likeness (QED) is 0.808. The van der Waals surface area contributed by atoms with Crippen LogP contribution in [0.2, 0.25) is 0 Å². The second-order valence-electron chi connectivity index (χ2n) is 3.70. The van der Waals surface area contributed by atoms with E-state index in [1.54, 1.807) is 16.7 Å². The van der Waals surface area contributed by atoms with Crippen LogP contribution in [-0.4, -0.2) is 24.1 Å². The van der Waals surface area contributed by atoms with E-state index in [9.17, 15) is 4.79 Å². The smallest absolute Gasteiger partial charge is 0.237 e. The highest BCUT2D eigenvalue weighted by atomic mass is 32.2.